The Labute approximate surface area is 143 Å². The molecule has 0 saturated carbocycles. The Kier molecular flexibility index (Phi) is 8.61. The second kappa shape index (κ2) is 10.5. The average molecular weight is 333 g/mol. The molecule has 1 aromatic rings. The van der Waals surface area contributed by atoms with Crippen LogP contribution in [0.25, 0.3) is 0 Å². The maximum absolute atomic E-state index is 11.2. The fourth-order valence-corrected chi connectivity index (χ4v) is 2.55. The number of benzene rings is 1. The van der Waals surface area contributed by atoms with Gasteiger partial charge in [0.05, 0.1) is 13.0 Å². The summed E-state index contributed by atoms with van der Waals surface area (Å²) in [7, 11) is 1.57. The molecular weight excluding hydrogens is 306 g/mol. The second-order valence-corrected chi connectivity index (χ2v) is 5.79. The van der Waals surface area contributed by atoms with E-state index in [-0.39, 0.29) is 5.92 Å². The van der Waals surface area contributed by atoms with Gasteiger partial charge in [-0.25, -0.2) is 0 Å². The third kappa shape index (κ3) is 6.44. The molecule has 0 bridgehead atoms. The number of carboxylic acid groups (broad SMARTS) is 1. The molecule has 0 aliphatic heterocycles. The van der Waals surface area contributed by atoms with Crippen molar-refractivity contribution in [2.45, 2.75) is 45.4 Å². The van der Waals surface area contributed by atoms with Gasteiger partial charge < -0.3 is 15.6 Å². The van der Waals surface area contributed by atoms with Gasteiger partial charge in [0.2, 0.25) is 5.91 Å². The molecule has 1 unspecified atom stereocenters. The number of methoxy groups -OCH3 is 1. The largest absolute Gasteiger partial charge is 0.496 e. The fraction of sp³-hybridized carbons (Fsp3) is 0.474. The first-order valence-corrected chi connectivity index (χ1v) is 8.34. The molecule has 0 saturated heterocycles. The summed E-state index contributed by atoms with van der Waals surface area (Å²) < 4.78 is 5.30. The number of carboxylic acids is 1. The Balaban J connectivity index is 2.40. The van der Waals surface area contributed by atoms with Gasteiger partial charge in [-0.3, -0.25) is 9.59 Å². The lowest BCUT2D eigenvalue weighted by atomic mass is 9.99. The fourth-order valence-electron chi connectivity index (χ4n) is 2.55. The number of hydrogen-bond acceptors (Lipinski definition) is 3. The first-order chi connectivity index (χ1) is 11.5. The highest BCUT2D eigenvalue weighted by Crippen LogP contribution is 2.21. The highest BCUT2D eigenvalue weighted by molar-refractivity contribution is 5.93. The average Bonchev–Trinajstić information content (AvgIpc) is 2.56. The molecule has 1 amide bonds. The zero-order chi connectivity index (χ0) is 17.9. The highest BCUT2D eigenvalue weighted by atomic mass is 16.5. The van der Waals surface area contributed by atoms with E-state index < -0.39 is 11.9 Å². The molecule has 0 aliphatic rings. The Bertz CT molecular complexity index is 581. The Morgan fingerprint density at radius 3 is 2.62 bits per heavy atom. The summed E-state index contributed by atoms with van der Waals surface area (Å²) in [5.41, 5.74) is 6.69. The van der Waals surface area contributed by atoms with Crippen LogP contribution in [-0.4, -0.2) is 24.1 Å². The highest BCUT2D eigenvalue weighted by Gasteiger charge is 2.13. The molecular formula is C19H27NO4. The zero-order valence-corrected chi connectivity index (χ0v) is 14.5. The lowest BCUT2D eigenvalue weighted by Gasteiger charge is -2.08. The third-order valence-corrected chi connectivity index (χ3v) is 4.09. The number of amides is 1. The molecule has 1 atom stereocenters. The van der Waals surface area contributed by atoms with Crippen LogP contribution in [0.15, 0.2) is 30.4 Å². The number of unbranched alkanes of at least 4 members (excludes halogenated alkanes) is 2. The number of rotatable bonds is 11. The van der Waals surface area contributed by atoms with Crippen molar-refractivity contribution < 1.29 is 19.4 Å². The number of allylic oxidation sites excluding steroid dienone is 2. The summed E-state index contributed by atoms with van der Waals surface area (Å²) >= 11 is 0. The molecule has 24 heavy (non-hydrogen) atoms. The lowest BCUT2D eigenvalue weighted by Crippen LogP contribution is -2.12. The molecule has 5 heteroatoms. The second-order valence-electron chi connectivity index (χ2n) is 5.79. The molecule has 0 fully saturated rings. The van der Waals surface area contributed by atoms with Gasteiger partial charge in [0, 0.05) is 5.56 Å². The van der Waals surface area contributed by atoms with Crippen LogP contribution in [0.1, 0.15) is 54.9 Å². The van der Waals surface area contributed by atoms with Crippen LogP contribution in [0, 0.1) is 5.92 Å². The van der Waals surface area contributed by atoms with E-state index in [9.17, 15) is 9.59 Å². The van der Waals surface area contributed by atoms with Gasteiger partial charge in [-0.2, -0.15) is 0 Å². The van der Waals surface area contributed by atoms with E-state index >= 15 is 0 Å². The monoisotopic (exact) mass is 333 g/mol. The molecule has 1 aromatic carbocycles. The topological polar surface area (TPSA) is 89.6 Å². The van der Waals surface area contributed by atoms with E-state index in [1.54, 1.807) is 19.2 Å². The van der Waals surface area contributed by atoms with Gasteiger partial charge in [0.25, 0.3) is 0 Å². The third-order valence-electron chi connectivity index (χ3n) is 4.09. The van der Waals surface area contributed by atoms with Crippen molar-refractivity contribution >= 4 is 11.9 Å². The number of hydrogen-bond donors (Lipinski definition) is 2. The predicted molar refractivity (Wildman–Crippen MR) is 94.2 cm³/mol. The van der Waals surface area contributed by atoms with Crippen molar-refractivity contribution in [1.82, 2.24) is 0 Å². The summed E-state index contributed by atoms with van der Waals surface area (Å²) in [6.07, 6.45) is 9.14. The van der Waals surface area contributed by atoms with Crippen LogP contribution in [0.2, 0.25) is 0 Å². The van der Waals surface area contributed by atoms with E-state index in [0.717, 1.165) is 37.7 Å². The Hall–Kier alpha value is -2.30. The maximum Gasteiger partial charge on any atom is 0.306 e. The van der Waals surface area contributed by atoms with Crippen molar-refractivity contribution in [2.24, 2.45) is 11.7 Å². The molecule has 0 aliphatic carbocycles. The minimum atomic E-state index is -0.695. The van der Waals surface area contributed by atoms with Crippen molar-refractivity contribution in [2.75, 3.05) is 7.11 Å². The van der Waals surface area contributed by atoms with Gasteiger partial charge in [-0.15, -0.1) is 0 Å². The standard InChI is InChI=1S/C19H27NO4/c1-3-14(19(22)23)9-7-5-4-6-8-10-15-11-12-16(18(20)21)13-17(15)24-2/h6,8,11-14H,3-5,7,9-10H2,1-2H3,(H2,20,21)(H,22,23). The van der Waals surface area contributed by atoms with Crippen molar-refractivity contribution in [3.8, 4) is 5.75 Å². The van der Waals surface area contributed by atoms with E-state index in [0.29, 0.717) is 17.7 Å². The quantitative estimate of drug-likeness (QED) is 0.478. The van der Waals surface area contributed by atoms with Crippen molar-refractivity contribution in [1.29, 1.82) is 0 Å². The number of carbonyl (C=O) groups excluding carboxylic acids is 1. The number of ether oxygens (including phenoxy) is 1. The molecule has 132 valence electrons. The van der Waals surface area contributed by atoms with Crippen LogP contribution in [0.5, 0.6) is 5.75 Å². The molecule has 0 radical (unpaired) electrons. The van der Waals surface area contributed by atoms with Gasteiger partial charge in [-0.1, -0.05) is 31.6 Å². The van der Waals surface area contributed by atoms with Gasteiger partial charge in [0.15, 0.2) is 0 Å². The molecule has 5 nitrogen and oxygen atoms in total. The molecule has 1 rings (SSSR count). The molecule has 0 heterocycles. The number of nitrogens with two attached hydrogens (primary N) is 1. The zero-order valence-electron chi connectivity index (χ0n) is 14.5. The predicted octanol–water partition coefficient (Wildman–Crippen LogP) is 3.56. The number of aliphatic carboxylic acids is 1. The van der Waals surface area contributed by atoms with E-state index in [2.05, 4.69) is 12.2 Å². The molecule has 0 spiro atoms. The van der Waals surface area contributed by atoms with E-state index in [1.807, 2.05) is 13.0 Å². The van der Waals surface area contributed by atoms with Crippen LogP contribution in [-0.2, 0) is 11.2 Å². The Morgan fingerprint density at radius 1 is 1.29 bits per heavy atom. The summed E-state index contributed by atoms with van der Waals surface area (Å²) in [6, 6.07) is 5.20. The summed E-state index contributed by atoms with van der Waals surface area (Å²) in [4.78, 5) is 22.1. The molecule has 3 N–H and O–H groups in total. The Morgan fingerprint density at radius 2 is 2.04 bits per heavy atom. The van der Waals surface area contributed by atoms with Gasteiger partial charge in [-0.05, 0) is 49.8 Å². The van der Waals surface area contributed by atoms with E-state index in [4.69, 9.17) is 15.6 Å². The first-order valence-electron chi connectivity index (χ1n) is 8.34. The summed E-state index contributed by atoms with van der Waals surface area (Å²) in [5, 5.41) is 8.99. The normalized spacial score (nSPS) is 12.2. The van der Waals surface area contributed by atoms with Gasteiger partial charge >= 0.3 is 5.97 Å². The van der Waals surface area contributed by atoms with Crippen LogP contribution >= 0.6 is 0 Å². The van der Waals surface area contributed by atoms with Crippen LogP contribution < -0.4 is 10.5 Å². The summed E-state index contributed by atoms with van der Waals surface area (Å²) in [5.74, 6) is -0.730. The first kappa shape index (κ1) is 19.7. The smallest absolute Gasteiger partial charge is 0.306 e. The summed E-state index contributed by atoms with van der Waals surface area (Å²) in [6.45, 7) is 1.91. The van der Waals surface area contributed by atoms with E-state index in [1.165, 1.54) is 0 Å². The van der Waals surface area contributed by atoms with Crippen molar-refractivity contribution in [3.05, 3.63) is 41.5 Å². The SMILES string of the molecule is CCC(CCCCC=CCc1ccc(C(N)=O)cc1OC)C(=O)O. The van der Waals surface area contributed by atoms with Crippen LogP contribution in [0.4, 0.5) is 0 Å². The van der Waals surface area contributed by atoms with Gasteiger partial charge in [0.1, 0.15) is 5.75 Å². The number of primary amides is 1. The number of carbonyl (C=O) groups is 2. The molecule has 0 aromatic heterocycles. The minimum Gasteiger partial charge on any atom is -0.496 e. The lowest BCUT2D eigenvalue weighted by molar-refractivity contribution is -0.142. The van der Waals surface area contributed by atoms with Crippen LogP contribution in [0.3, 0.4) is 0 Å². The maximum atomic E-state index is 11.2. The van der Waals surface area contributed by atoms with Crippen molar-refractivity contribution in [3.63, 3.8) is 0 Å². The minimum absolute atomic E-state index is 0.220.